The number of hydrogen-bond acceptors (Lipinski definition) is 6. The maximum atomic E-state index is 8.33. The summed E-state index contributed by atoms with van der Waals surface area (Å²) < 4.78 is 0. The second-order valence-corrected chi connectivity index (χ2v) is 0.500. The summed E-state index contributed by atoms with van der Waals surface area (Å²) in [5, 5.41) is 33.3. The van der Waals surface area contributed by atoms with Crippen molar-refractivity contribution in [3.8, 4) is 0 Å². The maximum absolute atomic E-state index is 8.33. The molecule has 0 spiro atoms. The largest absolute Gasteiger partial charge is 1.00 e. The third-order valence-corrected chi connectivity index (χ3v) is 0. The van der Waals surface area contributed by atoms with E-state index in [-0.39, 0.29) is 211 Å². The van der Waals surface area contributed by atoms with Crippen molar-refractivity contribution in [2.45, 2.75) is 0 Å². The standard InChI is InChI=1S/2CH2O3.4K.H2O/c2*2-1(3)4;;;;;/h2*(H2,2,3,4);;;;;1H2/q;;4*+1;/p-4. The van der Waals surface area contributed by atoms with E-state index in [1.807, 2.05) is 0 Å². The molecule has 0 unspecified atom stereocenters. The summed E-state index contributed by atoms with van der Waals surface area (Å²) in [6.07, 6.45) is -4.67. The van der Waals surface area contributed by atoms with Gasteiger partial charge in [0, 0.05) is 0 Å². The Kier molecular flexibility index (Phi) is 119. The van der Waals surface area contributed by atoms with Gasteiger partial charge >= 0.3 is 206 Å². The van der Waals surface area contributed by atoms with E-state index < -0.39 is 12.3 Å². The zero-order valence-corrected chi connectivity index (χ0v) is 20.4. The fourth-order valence-electron chi connectivity index (χ4n) is 0. The van der Waals surface area contributed by atoms with Gasteiger partial charge in [-0.3, -0.25) is 0 Å². The SMILES string of the molecule is O.O=C([O-])[O-].O=C([O-])[O-].[K+].[K+].[K+].[K+]. The molecule has 0 fully saturated rings. The number of carboxylic acid groups (broad SMARTS) is 4. The fourth-order valence-corrected chi connectivity index (χ4v) is 0. The Morgan fingerprint density at radius 2 is 0.615 bits per heavy atom. The molecule has 2 N–H and O–H groups in total. The predicted molar refractivity (Wildman–Crippen MR) is 14.4 cm³/mol. The smallest absolute Gasteiger partial charge is 0.652 e. The van der Waals surface area contributed by atoms with Crippen LogP contribution in [0.25, 0.3) is 0 Å². The first-order valence-corrected chi connectivity index (χ1v) is 1.22. The van der Waals surface area contributed by atoms with Crippen molar-refractivity contribution in [3.05, 3.63) is 0 Å². The van der Waals surface area contributed by atoms with E-state index in [9.17, 15) is 0 Å². The van der Waals surface area contributed by atoms with Crippen molar-refractivity contribution in [1.82, 2.24) is 0 Å². The first-order valence-electron chi connectivity index (χ1n) is 1.22. The molecule has 0 aliphatic rings. The summed E-state index contributed by atoms with van der Waals surface area (Å²) in [6, 6.07) is 0. The van der Waals surface area contributed by atoms with E-state index in [1.54, 1.807) is 0 Å². The van der Waals surface area contributed by atoms with Gasteiger partial charge < -0.3 is 35.5 Å². The average Bonchev–Trinajstić information content (AvgIpc) is 1.25. The first-order chi connectivity index (χ1) is 3.46. The van der Waals surface area contributed by atoms with Crippen LogP contribution in [0.15, 0.2) is 0 Å². The van der Waals surface area contributed by atoms with E-state index in [0.717, 1.165) is 0 Å². The summed E-state index contributed by atoms with van der Waals surface area (Å²) in [4.78, 5) is 16.7. The van der Waals surface area contributed by atoms with Crippen LogP contribution in [0.5, 0.6) is 0 Å². The van der Waals surface area contributed by atoms with Gasteiger partial charge in [0.2, 0.25) is 0 Å². The second-order valence-electron chi connectivity index (χ2n) is 0.500. The van der Waals surface area contributed by atoms with Crippen LogP contribution in [-0.4, -0.2) is 17.8 Å². The van der Waals surface area contributed by atoms with E-state index in [0.29, 0.717) is 0 Å². The first kappa shape index (κ1) is 43.0. The normalized spacial score (nSPS) is 3.69. The van der Waals surface area contributed by atoms with Crippen LogP contribution in [0.2, 0.25) is 0 Å². The molecule has 0 radical (unpaired) electrons. The van der Waals surface area contributed by atoms with Crippen LogP contribution in [0.4, 0.5) is 9.59 Å². The maximum Gasteiger partial charge on any atom is 1.00 e. The molecular formula is C2H2K4O7. The van der Waals surface area contributed by atoms with E-state index in [4.69, 9.17) is 30.0 Å². The van der Waals surface area contributed by atoms with Crippen molar-refractivity contribution in [2.24, 2.45) is 0 Å². The Labute approximate surface area is 245 Å². The summed E-state index contributed by atoms with van der Waals surface area (Å²) >= 11 is 0. The molecular weight excluding hydrogens is 292 g/mol. The molecule has 0 saturated heterocycles. The summed E-state index contributed by atoms with van der Waals surface area (Å²) in [5.74, 6) is 0. The van der Waals surface area contributed by atoms with Gasteiger partial charge in [-0.15, -0.1) is 0 Å². The van der Waals surface area contributed by atoms with Gasteiger partial charge in [-0.25, -0.2) is 0 Å². The van der Waals surface area contributed by atoms with Crippen molar-refractivity contribution in [1.29, 1.82) is 0 Å². The Hall–Kier alpha value is 5.05. The van der Waals surface area contributed by atoms with Gasteiger partial charge in [0.25, 0.3) is 0 Å². The molecule has 7 nitrogen and oxygen atoms in total. The van der Waals surface area contributed by atoms with Gasteiger partial charge in [0.05, 0.1) is 0 Å². The van der Waals surface area contributed by atoms with Gasteiger partial charge in [-0.2, -0.15) is 0 Å². The van der Waals surface area contributed by atoms with Crippen LogP contribution >= 0.6 is 0 Å². The molecule has 0 heterocycles. The monoisotopic (exact) mass is 294 g/mol. The number of carbonyl (C=O) groups excluding carboxylic acids is 2. The molecule has 0 aromatic heterocycles. The Balaban J connectivity index is -0.00000000800. The van der Waals surface area contributed by atoms with Crippen LogP contribution in [-0.2, 0) is 0 Å². The van der Waals surface area contributed by atoms with Gasteiger partial charge in [0.1, 0.15) is 0 Å². The van der Waals surface area contributed by atoms with Gasteiger partial charge in [0.15, 0.2) is 0 Å². The third kappa shape index (κ3) is 152. The summed E-state index contributed by atoms with van der Waals surface area (Å²) in [6.45, 7) is 0. The minimum absolute atomic E-state index is 0. The van der Waals surface area contributed by atoms with E-state index >= 15 is 0 Å². The third-order valence-electron chi connectivity index (χ3n) is 0. The zero-order valence-electron chi connectivity index (χ0n) is 7.95. The second kappa shape index (κ2) is 36.0. The van der Waals surface area contributed by atoms with Gasteiger partial charge in [-0.1, -0.05) is 0 Å². The van der Waals surface area contributed by atoms with Crippen LogP contribution in [0.3, 0.4) is 0 Å². The molecule has 13 heavy (non-hydrogen) atoms. The fraction of sp³-hybridized carbons (Fsp3) is 0. The van der Waals surface area contributed by atoms with Crippen molar-refractivity contribution < 1.29 is 241 Å². The van der Waals surface area contributed by atoms with E-state index in [1.165, 1.54) is 0 Å². The molecule has 0 aromatic rings. The molecule has 11 heteroatoms. The molecule has 0 aliphatic heterocycles. The number of carbonyl (C=O) groups is 2. The number of hydrogen-bond donors (Lipinski definition) is 0. The molecule has 0 saturated carbocycles. The van der Waals surface area contributed by atoms with Crippen LogP contribution in [0.1, 0.15) is 0 Å². The van der Waals surface area contributed by atoms with Gasteiger partial charge in [-0.05, 0) is 12.3 Å². The minimum Gasteiger partial charge on any atom is -0.652 e. The predicted octanol–water partition coefficient (Wildman–Crippen LogP) is -17.7. The topological polar surface area (TPSA) is 158 Å². The molecule has 0 atom stereocenters. The zero-order chi connectivity index (χ0) is 7.15. The van der Waals surface area contributed by atoms with E-state index in [2.05, 4.69) is 0 Å². The number of rotatable bonds is 0. The molecule has 0 bridgehead atoms. The molecule has 56 valence electrons. The molecule has 0 aromatic carbocycles. The van der Waals surface area contributed by atoms with Crippen LogP contribution in [0, 0.1) is 0 Å². The molecule has 0 amide bonds. The molecule has 0 aliphatic carbocycles. The Morgan fingerprint density at radius 3 is 0.615 bits per heavy atom. The van der Waals surface area contributed by atoms with Crippen molar-refractivity contribution >= 4 is 12.3 Å². The summed E-state index contributed by atoms with van der Waals surface area (Å²) in [5.41, 5.74) is 0. The molecule has 0 rings (SSSR count). The van der Waals surface area contributed by atoms with Crippen molar-refractivity contribution in [3.63, 3.8) is 0 Å². The Morgan fingerprint density at radius 1 is 0.615 bits per heavy atom. The average molecular weight is 294 g/mol. The summed E-state index contributed by atoms with van der Waals surface area (Å²) in [7, 11) is 0. The minimum atomic E-state index is -2.33. The van der Waals surface area contributed by atoms with Crippen molar-refractivity contribution in [2.75, 3.05) is 0 Å². The Bertz CT molecular complexity index is 76.5. The quantitative estimate of drug-likeness (QED) is 0.403. The van der Waals surface area contributed by atoms with Crippen LogP contribution < -0.4 is 226 Å².